The molecule has 0 aliphatic rings. The minimum absolute atomic E-state index is 0.833. The summed E-state index contributed by atoms with van der Waals surface area (Å²) in [6.07, 6.45) is 1.17. The minimum atomic E-state index is 0.833. The molecule has 0 N–H and O–H groups in total. The average Bonchev–Trinajstić information content (AvgIpc) is 2.07. The molecule has 0 aromatic rings. The zero-order valence-corrected chi connectivity index (χ0v) is 22.6. The molecular formula is C8H13W5-. The van der Waals surface area contributed by atoms with Crippen molar-refractivity contribution in [2.45, 2.75) is 27.2 Å². The molecule has 0 heterocycles. The van der Waals surface area contributed by atoms with Crippen LogP contribution in [0, 0.1) is 5.92 Å². The Morgan fingerprint density at radius 3 is 1.69 bits per heavy atom. The summed E-state index contributed by atoms with van der Waals surface area (Å²) >= 11 is 7.93. The van der Waals surface area contributed by atoms with Gasteiger partial charge in [0.25, 0.3) is 0 Å². The van der Waals surface area contributed by atoms with Crippen LogP contribution in [0.5, 0.6) is 0 Å². The van der Waals surface area contributed by atoms with E-state index in [1.165, 1.54) is 29.7 Å². The molecule has 0 bridgehead atoms. The van der Waals surface area contributed by atoms with Gasteiger partial charge in [0.1, 0.15) is 0 Å². The quantitative estimate of drug-likeness (QED) is 0.375. The maximum atomic E-state index is 3.18. The van der Waals surface area contributed by atoms with Crippen molar-refractivity contribution >= 4 is 12.7 Å². The number of hydrogen-bond acceptors (Lipinski definition) is 0. The molecule has 0 saturated heterocycles. The summed E-state index contributed by atoms with van der Waals surface area (Å²) in [5.74, 6) is 0.833. The predicted octanol–water partition coefficient (Wildman–Crippen LogP) is 1.33. The van der Waals surface area contributed by atoms with E-state index in [-0.39, 0.29) is 0 Å². The van der Waals surface area contributed by atoms with Gasteiger partial charge in [-0.25, -0.2) is 0 Å². The van der Waals surface area contributed by atoms with Gasteiger partial charge in [0.15, 0.2) is 0 Å². The summed E-state index contributed by atoms with van der Waals surface area (Å²) in [6, 6.07) is 0. The van der Waals surface area contributed by atoms with Gasteiger partial charge in [-0.3, -0.25) is 0 Å². The maximum absolute atomic E-state index is 3.18. The van der Waals surface area contributed by atoms with Crippen molar-refractivity contribution in [3.05, 3.63) is 0 Å². The van der Waals surface area contributed by atoms with Gasteiger partial charge in [0, 0.05) is 0 Å². The van der Waals surface area contributed by atoms with Crippen molar-refractivity contribution in [2.24, 2.45) is 5.92 Å². The van der Waals surface area contributed by atoms with Crippen LogP contribution in [-0.4, -0.2) is 12.7 Å². The first-order valence-corrected chi connectivity index (χ1v) is 19.2. The fraction of sp³-hybridized carbons (Fsp3) is 0.625. The van der Waals surface area contributed by atoms with E-state index in [0.717, 1.165) is 5.92 Å². The summed E-state index contributed by atoms with van der Waals surface area (Å²) in [7, 11) is 0. The molecule has 0 radical (unpaired) electrons. The van der Waals surface area contributed by atoms with Crippen molar-refractivity contribution in [3.8, 4) is 0 Å². The Morgan fingerprint density at radius 1 is 1.31 bits per heavy atom. The van der Waals surface area contributed by atoms with Crippen LogP contribution in [0.25, 0.3) is 0 Å². The van der Waals surface area contributed by atoms with E-state index in [1.54, 1.807) is 71.2 Å². The molecule has 0 rings (SSSR count). The fourth-order valence-corrected chi connectivity index (χ4v) is 2.96. The molecule has 13 heavy (non-hydrogen) atoms. The molecule has 0 aliphatic heterocycles. The molecule has 0 nitrogen and oxygen atoms in total. The molecule has 0 aromatic heterocycles. The Morgan fingerprint density at radius 2 is 1.62 bits per heavy atom. The van der Waals surface area contributed by atoms with Crippen LogP contribution in [0.4, 0.5) is 0 Å². The van der Waals surface area contributed by atoms with E-state index in [1.807, 2.05) is 0 Å². The first-order chi connectivity index (χ1) is 6.04. The van der Waals surface area contributed by atoms with Gasteiger partial charge in [-0.15, -0.1) is 0 Å². The zero-order chi connectivity index (χ0) is 11.3. The Balaban J connectivity index is -0.000000142. The van der Waals surface area contributed by atoms with Crippen LogP contribution in [0.3, 0.4) is 0 Å². The van der Waals surface area contributed by atoms with Crippen molar-refractivity contribution in [3.63, 3.8) is 0 Å². The Kier molecular flexibility index (Phi) is 33.6. The Bertz CT molecular complexity index is 139. The monoisotopic (exact) mass is 1030 g/mol. The molecule has 0 aliphatic carbocycles. The van der Waals surface area contributed by atoms with Gasteiger partial charge in [-0.1, -0.05) is 20.8 Å². The first-order valence-electron chi connectivity index (χ1n) is 3.55. The molecule has 0 unspecified atom stereocenters. The summed E-state index contributed by atoms with van der Waals surface area (Å²) in [4.78, 5) is 0. The van der Waals surface area contributed by atoms with E-state index in [2.05, 4.69) is 29.6 Å². The molecule has 5 heteroatoms. The van der Waals surface area contributed by atoms with Gasteiger partial charge in [0.05, 0.1) is 0 Å². The van der Waals surface area contributed by atoms with E-state index in [0.29, 0.717) is 0 Å². The predicted molar refractivity (Wildman–Crippen MR) is 41.2 cm³/mol. The van der Waals surface area contributed by atoms with Crippen molar-refractivity contribution in [1.29, 1.82) is 0 Å². The SMILES string of the molecule is CC(C)C.[W]=[C-][C](=[W])C[CH]=[W].[W]=[W]. The van der Waals surface area contributed by atoms with Gasteiger partial charge >= 0.3 is 110 Å². The molecule has 0 saturated carbocycles. The molecule has 0 amide bonds. The molecule has 0 aromatic carbocycles. The summed E-state index contributed by atoms with van der Waals surface area (Å²) in [5.41, 5.74) is 0. The van der Waals surface area contributed by atoms with Gasteiger partial charge in [0.2, 0.25) is 0 Å². The topological polar surface area (TPSA) is 0 Å². The average molecular weight is 1030 g/mol. The summed E-state index contributed by atoms with van der Waals surface area (Å²) in [6.45, 7) is 6.50. The summed E-state index contributed by atoms with van der Waals surface area (Å²) < 4.78 is 6.90. The summed E-state index contributed by atoms with van der Waals surface area (Å²) in [5, 5.41) is 0. The molecular weight excluding hydrogens is 1020 g/mol. The Hall–Kier alpha value is 3.05. The molecule has 0 spiro atoms. The van der Waals surface area contributed by atoms with Crippen LogP contribution in [0.1, 0.15) is 27.2 Å². The Labute approximate surface area is 134 Å². The van der Waals surface area contributed by atoms with Crippen LogP contribution in [-0.2, 0) is 90.5 Å². The van der Waals surface area contributed by atoms with E-state index in [4.69, 9.17) is 0 Å². The van der Waals surface area contributed by atoms with Crippen LogP contribution >= 0.6 is 0 Å². The standard InChI is InChI=1S/C4H10.C4H3.5W/c1-4(2)3;1-3-4-2;;;;;/h4H,1-3H3;1H,3H2;;;;;/q;-1;;;;;. The van der Waals surface area contributed by atoms with Crippen molar-refractivity contribution < 1.29 is 90.5 Å². The van der Waals surface area contributed by atoms with Crippen molar-refractivity contribution in [1.82, 2.24) is 0 Å². The van der Waals surface area contributed by atoms with E-state index in [9.17, 15) is 0 Å². The third kappa shape index (κ3) is 39.5. The zero-order valence-electron chi connectivity index (χ0n) is 7.90. The third-order valence-corrected chi connectivity index (χ3v) is 4.85. The molecule has 0 atom stereocenters. The van der Waals surface area contributed by atoms with Gasteiger partial charge in [-0.2, -0.15) is 0 Å². The fourth-order valence-electron chi connectivity index (χ4n) is 0.117. The second-order valence-corrected chi connectivity index (χ2v) is 6.33. The second kappa shape index (κ2) is 20.5. The van der Waals surface area contributed by atoms with Gasteiger partial charge in [-0.05, 0) is 5.92 Å². The van der Waals surface area contributed by atoms with Gasteiger partial charge < -0.3 is 0 Å². The van der Waals surface area contributed by atoms with Crippen LogP contribution in [0.2, 0.25) is 0 Å². The first kappa shape index (κ1) is 21.3. The number of rotatable bonds is 3. The number of hydrogen-bond donors (Lipinski definition) is 0. The second-order valence-electron chi connectivity index (χ2n) is 2.63. The molecule has 76 valence electrons. The normalized spacial score (nSPS) is 7.08. The van der Waals surface area contributed by atoms with E-state index >= 15 is 0 Å². The van der Waals surface area contributed by atoms with Crippen LogP contribution < -0.4 is 0 Å². The third-order valence-electron chi connectivity index (χ3n) is 0.383. The van der Waals surface area contributed by atoms with Crippen molar-refractivity contribution in [2.75, 3.05) is 0 Å². The van der Waals surface area contributed by atoms with Crippen LogP contribution in [0.15, 0.2) is 0 Å². The molecule has 0 fully saturated rings. The van der Waals surface area contributed by atoms with E-state index < -0.39 is 0 Å².